The van der Waals surface area contributed by atoms with Crippen LogP contribution in [0.25, 0.3) is 0 Å². The molecule has 1 amide bonds. The number of piperidine rings is 1. The zero-order valence-corrected chi connectivity index (χ0v) is 15.4. The fourth-order valence-corrected chi connectivity index (χ4v) is 3.28. The highest BCUT2D eigenvalue weighted by atomic mass is 35.5. The molecule has 1 fully saturated rings. The molecule has 0 radical (unpaired) electrons. The van der Waals surface area contributed by atoms with Gasteiger partial charge in [-0.1, -0.05) is 11.6 Å². The largest absolute Gasteiger partial charge is 0.454 e. The maximum atomic E-state index is 14.4. The van der Waals surface area contributed by atoms with Crippen LogP contribution in [0.15, 0.2) is 42.5 Å². The van der Waals surface area contributed by atoms with Gasteiger partial charge >= 0.3 is 0 Å². The van der Waals surface area contributed by atoms with E-state index in [2.05, 4.69) is 0 Å². The quantitative estimate of drug-likeness (QED) is 0.856. The number of halogens is 2. The summed E-state index contributed by atoms with van der Waals surface area (Å²) in [4.78, 5) is 14.4. The lowest BCUT2D eigenvalue weighted by atomic mass is 9.92. The fourth-order valence-electron chi connectivity index (χ4n) is 3.15. The van der Waals surface area contributed by atoms with Crippen LogP contribution < -0.4 is 10.5 Å². The van der Waals surface area contributed by atoms with Gasteiger partial charge in [0.1, 0.15) is 5.75 Å². The van der Waals surface area contributed by atoms with Gasteiger partial charge in [0, 0.05) is 29.7 Å². The molecule has 0 aliphatic carbocycles. The summed E-state index contributed by atoms with van der Waals surface area (Å²) in [6.07, 6.45) is 1.93. The second-order valence-corrected chi connectivity index (χ2v) is 7.15. The molecule has 26 heavy (non-hydrogen) atoms. The Hall–Kier alpha value is -2.11. The van der Waals surface area contributed by atoms with Gasteiger partial charge in [0.25, 0.3) is 5.91 Å². The smallest absolute Gasteiger partial charge is 0.253 e. The summed E-state index contributed by atoms with van der Waals surface area (Å²) in [6, 6.07) is 11.0. The van der Waals surface area contributed by atoms with Crippen molar-refractivity contribution in [3.8, 4) is 11.5 Å². The number of benzene rings is 2. The van der Waals surface area contributed by atoms with Crippen LogP contribution in [0.4, 0.5) is 4.39 Å². The number of likely N-dealkylation sites (tertiary alicyclic amines) is 1. The first-order valence-corrected chi connectivity index (χ1v) is 9.09. The Morgan fingerprint density at radius 1 is 1.31 bits per heavy atom. The monoisotopic (exact) mass is 376 g/mol. The van der Waals surface area contributed by atoms with E-state index in [4.69, 9.17) is 22.1 Å². The molecule has 0 spiro atoms. The van der Waals surface area contributed by atoms with Crippen molar-refractivity contribution in [2.24, 2.45) is 11.7 Å². The van der Waals surface area contributed by atoms with Crippen molar-refractivity contribution in [3.05, 3.63) is 58.9 Å². The Bertz CT molecular complexity index is 780. The van der Waals surface area contributed by atoms with Crippen molar-refractivity contribution in [3.63, 3.8) is 0 Å². The molecule has 3 rings (SSSR count). The molecule has 1 aliphatic heterocycles. The molecule has 0 saturated carbocycles. The van der Waals surface area contributed by atoms with Crippen LogP contribution in [0, 0.1) is 11.7 Å². The van der Waals surface area contributed by atoms with Crippen LogP contribution in [0.3, 0.4) is 0 Å². The van der Waals surface area contributed by atoms with Crippen LogP contribution in [-0.4, -0.2) is 29.9 Å². The molecule has 1 aliphatic rings. The molecule has 0 aromatic heterocycles. The molecule has 1 heterocycles. The van der Waals surface area contributed by atoms with Gasteiger partial charge < -0.3 is 15.4 Å². The van der Waals surface area contributed by atoms with E-state index in [1.165, 1.54) is 12.1 Å². The Balaban J connectivity index is 1.72. The highest BCUT2D eigenvalue weighted by Crippen LogP contribution is 2.27. The highest BCUT2D eigenvalue weighted by molar-refractivity contribution is 6.30. The molecule has 138 valence electrons. The lowest BCUT2D eigenvalue weighted by Gasteiger charge is -2.34. The van der Waals surface area contributed by atoms with Crippen LogP contribution in [0.2, 0.25) is 5.02 Å². The first-order valence-electron chi connectivity index (χ1n) is 8.72. The molecular formula is C20H22ClFN2O2. The van der Waals surface area contributed by atoms with Crippen LogP contribution in [0.5, 0.6) is 11.5 Å². The second kappa shape index (κ2) is 8.06. The number of nitrogens with two attached hydrogens (primary N) is 1. The standard InChI is InChI=1S/C20H22ClFN2O2/c1-13(23)15-3-2-10-24(12-15)20(25)14-4-9-19(18(22)11-14)26-17-7-5-16(21)6-8-17/h4-9,11,13,15H,2-3,10,12,23H2,1H3. The van der Waals surface area contributed by atoms with E-state index in [0.29, 0.717) is 29.4 Å². The number of carbonyl (C=O) groups excluding carboxylic acids is 1. The summed E-state index contributed by atoms with van der Waals surface area (Å²) < 4.78 is 19.9. The van der Waals surface area contributed by atoms with Crippen molar-refractivity contribution >= 4 is 17.5 Å². The van der Waals surface area contributed by atoms with Gasteiger partial charge in [0.15, 0.2) is 11.6 Å². The van der Waals surface area contributed by atoms with Crippen LogP contribution >= 0.6 is 11.6 Å². The number of amides is 1. The molecule has 0 bridgehead atoms. The van der Waals surface area contributed by atoms with Crippen molar-refractivity contribution < 1.29 is 13.9 Å². The van der Waals surface area contributed by atoms with E-state index < -0.39 is 5.82 Å². The summed E-state index contributed by atoms with van der Waals surface area (Å²) in [5, 5.41) is 0.574. The van der Waals surface area contributed by atoms with E-state index in [1.54, 1.807) is 35.2 Å². The molecule has 2 atom stereocenters. The topological polar surface area (TPSA) is 55.6 Å². The van der Waals surface area contributed by atoms with Crippen molar-refractivity contribution in [1.29, 1.82) is 0 Å². The molecule has 2 unspecified atom stereocenters. The fraction of sp³-hybridized carbons (Fsp3) is 0.350. The maximum Gasteiger partial charge on any atom is 0.253 e. The number of hydrogen-bond donors (Lipinski definition) is 1. The highest BCUT2D eigenvalue weighted by Gasteiger charge is 2.27. The summed E-state index contributed by atoms with van der Waals surface area (Å²) in [7, 11) is 0. The molecule has 2 N–H and O–H groups in total. The van der Waals surface area contributed by atoms with Gasteiger partial charge in [-0.3, -0.25) is 4.79 Å². The number of rotatable bonds is 4. The first-order chi connectivity index (χ1) is 12.4. The minimum Gasteiger partial charge on any atom is -0.454 e. The van der Waals surface area contributed by atoms with Crippen LogP contribution in [-0.2, 0) is 0 Å². The third-order valence-electron chi connectivity index (χ3n) is 4.71. The van der Waals surface area contributed by atoms with Gasteiger partial charge in [0.05, 0.1) is 0 Å². The van der Waals surface area contributed by atoms with Gasteiger partial charge in [-0.15, -0.1) is 0 Å². The summed E-state index contributed by atoms with van der Waals surface area (Å²) in [6.45, 7) is 3.25. The number of carbonyl (C=O) groups is 1. The Kier molecular flexibility index (Phi) is 5.79. The van der Waals surface area contributed by atoms with E-state index in [9.17, 15) is 9.18 Å². The average molecular weight is 377 g/mol. The predicted molar refractivity (Wildman–Crippen MR) is 100 cm³/mol. The SMILES string of the molecule is CC(N)C1CCCN(C(=O)c2ccc(Oc3ccc(Cl)cc3)c(F)c2)C1. The van der Waals surface area contributed by atoms with Gasteiger partial charge in [-0.2, -0.15) is 0 Å². The molecule has 2 aromatic rings. The number of ether oxygens (including phenoxy) is 1. The van der Waals surface area contributed by atoms with Gasteiger partial charge in [0.2, 0.25) is 0 Å². The van der Waals surface area contributed by atoms with E-state index >= 15 is 0 Å². The van der Waals surface area contributed by atoms with Crippen molar-refractivity contribution in [1.82, 2.24) is 4.90 Å². The second-order valence-electron chi connectivity index (χ2n) is 6.71. The molecule has 1 saturated heterocycles. The van der Waals surface area contributed by atoms with Gasteiger partial charge in [-0.05, 0) is 68.1 Å². The summed E-state index contributed by atoms with van der Waals surface area (Å²) in [5.41, 5.74) is 6.29. The summed E-state index contributed by atoms with van der Waals surface area (Å²) in [5.74, 6) is 0.0723. The van der Waals surface area contributed by atoms with E-state index in [0.717, 1.165) is 12.8 Å². The molecular weight excluding hydrogens is 355 g/mol. The van der Waals surface area contributed by atoms with E-state index in [1.807, 2.05) is 6.92 Å². The minimum atomic E-state index is -0.577. The third-order valence-corrected chi connectivity index (χ3v) is 4.96. The molecule has 2 aromatic carbocycles. The van der Waals surface area contributed by atoms with Crippen LogP contribution in [0.1, 0.15) is 30.1 Å². The zero-order chi connectivity index (χ0) is 18.7. The Morgan fingerprint density at radius 3 is 2.69 bits per heavy atom. The van der Waals surface area contributed by atoms with Crippen molar-refractivity contribution in [2.75, 3.05) is 13.1 Å². The predicted octanol–water partition coefficient (Wildman–Crippen LogP) is 4.47. The lowest BCUT2D eigenvalue weighted by Crippen LogP contribution is -2.45. The Morgan fingerprint density at radius 2 is 2.04 bits per heavy atom. The number of hydrogen-bond acceptors (Lipinski definition) is 3. The maximum absolute atomic E-state index is 14.4. The first kappa shape index (κ1) is 18.7. The summed E-state index contributed by atoms with van der Waals surface area (Å²) >= 11 is 5.83. The number of nitrogens with zero attached hydrogens (tertiary/aromatic N) is 1. The zero-order valence-electron chi connectivity index (χ0n) is 14.6. The Labute approximate surface area is 157 Å². The molecule has 4 nitrogen and oxygen atoms in total. The minimum absolute atomic E-state index is 0.0393. The van der Waals surface area contributed by atoms with E-state index in [-0.39, 0.29) is 23.6 Å². The third kappa shape index (κ3) is 4.34. The normalized spacial score (nSPS) is 18.5. The molecule has 6 heteroatoms. The van der Waals surface area contributed by atoms with Gasteiger partial charge in [-0.25, -0.2) is 4.39 Å². The lowest BCUT2D eigenvalue weighted by molar-refractivity contribution is 0.0660. The average Bonchev–Trinajstić information content (AvgIpc) is 2.64. The van der Waals surface area contributed by atoms with Crippen molar-refractivity contribution in [2.45, 2.75) is 25.8 Å².